The second kappa shape index (κ2) is 6.69. The van der Waals surface area contributed by atoms with Crippen LogP contribution in [-0.2, 0) is 0 Å². The van der Waals surface area contributed by atoms with E-state index in [1.165, 1.54) is 5.56 Å². The third kappa shape index (κ3) is 4.37. The van der Waals surface area contributed by atoms with Crippen LogP contribution >= 0.6 is 0 Å². The van der Waals surface area contributed by atoms with Crippen molar-refractivity contribution >= 4 is 0 Å². The van der Waals surface area contributed by atoms with Crippen molar-refractivity contribution in [2.45, 2.75) is 50.3 Å². The first kappa shape index (κ1) is 16.1. The molecule has 1 aromatic rings. The average molecular weight is 302 g/mol. The van der Waals surface area contributed by atoms with Gasteiger partial charge in [0.15, 0.2) is 0 Å². The summed E-state index contributed by atoms with van der Waals surface area (Å²) in [5, 5.41) is 9.14. The number of hydrogen-bond donors (Lipinski definition) is 1. The fourth-order valence-corrected chi connectivity index (χ4v) is 3.06. The Kier molecular flexibility index (Phi) is 5.14. The van der Waals surface area contributed by atoms with Gasteiger partial charge >= 0.3 is 6.18 Å². The molecule has 0 spiro atoms. The first-order valence-corrected chi connectivity index (χ1v) is 7.29. The highest BCUT2D eigenvalue weighted by molar-refractivity contribution is 5.29. The zero-order chi connectivity index (χ0) is 15.5. The molecule has 0 aliphatic heterocycles. The second-order valence-electron chi connectivity index (χ2n) is 5.78. The van der Waals surface area contributed by atoms with Crippen LogP contribution in [0.5, 0.6) is 5.75 Å². The molecule has 1 atom stereocenters. The van der Waals surface area contributed by atoms with E-state index in [-0.39, 0.29) is 12.3 Å². The number of methoxy groups -OCH3 is 1. The Balaban J connectivity index is 1.85. The van der Waals surface area contributed by atoms with Gasteiger partial charge in [0, 0.05) is 0 Å². The van der Waals surface area contributed by atoms with E-state index in [4.69, 9.17) is 9.84 Å². The quantitative estimate of drug-likeness (QED) is 0.899. The van der Waals surface area contributed by atoms with Crippen LogP contribution < -0.4 is 4.74 Å². The molecular formula is C16H21F3O2. The molecule has 0 saturated heterocycles. The van der Waals surface area contributed by atoms with Gasteiger partial charge in [-0.05, 0) is 61.6 Å². The van der Waals surface area contributed by atoms with Crippen LogP contribution in [0.3, 0.4) is 0 Å². The normalized spacial score (nSPS) is 24.6. The van der Waals surface area contributed by atoms with Gasteiger partial charge in [-0.25, -0.2) is 0 Å². The molecule has 0 amide bonds. The number of alkyl halides is 3. The van der Waals surface area contributed by atoms with Crippen molar-refractivity contribution in [3.63, 3.8) is 0 Å². The highest BCUT2D eigenvalue weighted by Crippen LogP contribution is 2.39. The number of hydrogen-bond acceptors (Lipinski definition) is 2. The Bertz CT molecular complexity index is 434. The molecule has 2 nitrogen and oxygen atoms in total. The van der Waals surface area contributed by atoms with Crippen molar-refractivity contribution in [1.82, 2.24) is 0 Å². The summed E-state index contributed by atoms with van der Waals surface area (Å²) in [5.74, 6) is 1.17. The lowest BCUT2D eigenvalue weighted by Crippen LogP contribution is -2.31. The predicted molar refractivity (Wildman–Crippen MR) is 74.4 cm³/mol. The van der Waals surface area contributed by atoms with Crippen LogP contribution in [0.1, 0.15) is 43.6 Å². The molecule has 1 aliphatic carbocycles. The number of aliphatic hydroxyl groups is 1. The minimum atomic E-state index is -4.49. The Morgan fingerprint density at radius 1 is 1.14 bits per heavy atom. The minimum absolute atomic E-state index is 0.0314. The molecule has 0 heterocycles. The lowest BCUT2D eigenvalue weighted by atomic mass is 9.77. The maximum atomic E-state index is 12.4. The lowest BCUT2D eigenvalue weighted by Gasteiger charge is -2.30. The Hall–Kier alpha value is -1.23. The van der Waals surface area contributed by atoms with Crippen LogP contribution in [-0.4, -0.2) is 24.5 Å². The monoisotopic (exact) mass is 302 g/mol. The molecule has 21 heavy (non-hydrogen) atoms. The van der Waals surface area contributed by atoms with Gasteiger partial charge in [0.2, 0.25) is 0 Å². The molecule has 0 radical (unpaired) electrons. The molecule has 1 fully saturated rings. The van der Waals surface area contributed by atoms with E-state index in [9.17, 15) is 13.2 Å². The van der Waals surface area contributed by atoms with Gasteiger partial charge in [-0.2, -0.15) is 13.2 Å². The van der Waals surface area contributed by atoms with E-state index in [1.807, 2.05) is 24.3 Å². The first-order chi connectivity index (χ1) is 9.90. The summed E-state index contributed by atoms with van der Waals surface area (Å²) in [6.07, 6.45) is -3.61. The largest absolute Gasteiger partial charge is 0.497 e. The topological polar surface area (TPSA) is 29.5 Å². The van der Waals surface area contributed by atoms with Crippen molar-refractivity contribution in [3.05, 3.63) is 29.8 Å². The third-order valence-electron chi connectivity index (χ3n) is 4.37. The van der Waals surface area contributed by atoms with Crippen molar-refractivity contribution in [2.75, 3.05) is 7.11 Å². The predicted octanol–water partition coefficient (Wildman–Crippen LogP) is 4.28. The van der Waals surface area contributed by atoms with E-state index >= 15 is 0 Å². The number of benzene rings is 1. The summed E-state index contributed by atoms with van der Waals surface area (Å²) in [6, 6.07) is 7.87. The Labute approximate surface area is 122 Å². The van der Waals surface area contributed by atoms with Gasteiger partial charge in [-0.3, -0.25) is 0 Å². The van der Waals surface area contributed by atoms with Crippen LogP contribution in [0.25, 0.3) is 0 Å². The van der Waals surface area contributed by atoms with Crippen molar-refractivity contribution in [3.8, 4) is 5.75 Å². The average Bonchev–Trinajstić information content (AvgIpc) is 2.47. The minimum Gasteiger partial charge on any atom is -0.497 e. The SMILES string of the molecule is COc1ccc(C2CCC(CC(O)C(F)(F)F)CC2)cc1. The molecule has 5 heteroatoms. The molecule has 1 aliphatic rings. The Morgan fingerprint density at radius 3 is 2.19 bits per heavy atom. The maximum Gasteiger partial charge on any atom is 0.414 e. The highest BCUT2D eigenvalue weighted by atomic mass is 19.4. The number of ether oxygens (including phenoxy) is 1. The van der Waals surface area contributed by atoms with E-state index in [1.54, 1.807) is 7.11 Å². The van der Waals surface area contributed by atoms with Gasteiger partial charge in [-0.1, -0.05) is 12.1 Å². The van der Waals surface area contributed by atoms with Crippen molar-refractivity contribution in [1.29, 1.82) is 0 Å². The second-order valence-corrected chi connectivity index (χ2v) is 5.78. The number of halogens is 3. The molecule has 118 valence electrons. The fraction of sp³-hybridized carbons (Fsp3) is 0.625. The lowest BCUT2D eigenvalue weighted by molar-refractivity contribution is -0.209. The van der Waals surface area contributed by atoms with Crippen LogP contribution in [0, 0.1) is 5.92 Å². The van der Waals surface area contributed by atoms with Gasteiger partial charge < -0.3 is 9.84 Å². The fourth-order valence-electron chi connectivity index (χ4n) is 3.06. The van der Waals surface area contributed by atoms with E-state index in [0.29, 0.717) is 5.92 Å². The molecular weight excluding hydrogens is 281 g/mol. The summed E-state index contributed by atoms with van der Waals surface area (Å²) in [4.78, 5) is 0. The number of aliphatic hydroxyl groups excluding tert-OH is 1. The summed E-state index contributed by atoms with van der Waals surface area (Å²) in [7, 11) is 1.62. The maximum absolute atomic E-state index is 12.4. The summed E-state index contributed by atoms with van der Waals surface area (Å²) in [6.45, 7) is 0. The molecule has 1 unspecified atom stereocenters. The zero-order valence-corrected chi connectivity index (χ0v) is 12.1. The number of rotatable bonds is 4. The smallest absolute Gasteiger partial charge is 0.414 e. The standard InChI is InChI=1S/C16H21F3O2/c1-21-14-8-6-13(7-9-14)12-4-2-11(3-5-12)10-15(20)16(17,18)19/h6-9,11-12,15,20H,2-5,10H2,1H3. The molecule has 1 saturated carbocycles. The highest BCUT2D eigenvalue weighted by Gasteiger charge is 2.39. The van der Waals surface area contributed by atoms with Crippen LogP contribution in [0.2, 0.25) is 0 Å². The van der Waals surface area contributed by atoms with Crippen LogP contribution in [0.4, 0.5) is 13.2 Å². The molecule has 0 bridgehead atoms. The molecule has 2 rings (SSSR count). The Morgan fingerprint density at radius 2 is 1.71 bits per heavy atom. The van der Waals surface area contributed by atoms with Crippen molar-refractivity contribution < 1.29 is 23.0 Å². The van der Waals surface area contributed by atoms with Crippen molar-refractivity contribution in [2.24, 2.45) is 5.92 Å². The van der Waals surface area contributed by atoms with Gasteiger partial charge in [0.1, 0.15) is 11.9 Å². The van der Waals surface area contributed by atoms with E-state index < -0.39 is 12.3 Å². The third-order valence-corrected chi connectivity index (χ3v) is 4.37. The summed E-state index contributed by atoms with van der Waals surface area (Å²) >= 11 is 0. The van der Waals surface area contributed by atoms with E-state index in [0.717, 1.165) is 31.4 Å². The van der Waals surface area contributed by atoms with Gasteiger partial charge in [-0.15, -0.1) is 0 Å². The van der Waals surface area contributed by atoms with Gasteiger partial charge in [0.05, 0.1) is 7.11 Å². The first-order valence-electron chi connectivity index (χ1n) is 7.29. The van der Waals surface area contributed by atoms with Gasteiger partial charge in [0.25, 0.3) is 0 Å². The zero-order valence-electron chi connectivity index (χ0n) is 12.1. The molecule has 1 aromatic carbocycles. The summed E-state index contributed by atoms with van der Waals surface area (Å²) in [5.41, 5.74) is 1.21. The summed E-state index contributed by atoms with van der Waals surface area (Å²) < 4.78 is 42.2. The molecule has 1 N–H and O–H groups in total. The molecule has 0 aromatic heterocycles. The van der Waals surface area contributed by atoms with Crippen LogP contribution in [0.15, 0.2) is 24.3 Å². The van der Waals surface area contributed by atoms with E-state index in [2.05, 4.69) is 0 Å².